The highest BCUT2D eigenvalue weighted by molar-refractivity contribution is 9.10. The average molecular weight is 302 g/mol. The molecule has 0 fully saturated rings. The Hall–Kier alpha value is -0.160. The van der Waals surface area contributed by atoms with Gasteiger partial charge in [-0.15, -0.1) is 22.7 Å². The van der Waals surface area contributed by atoms with Crippen molar-refractivity contribution in [2.45, 2.75) is 19.9 Å². The van der Waals surface area contributed by atoms with Gasteiger partial charge in [0.05, 0.1) is 6.04 Å². The predicted molar refractivity (Wildman–Crippen MR) is 71.8 cm³/mol. The Bertz CT molecular complexity index is 453. The maximum atomic E-state index is 6.24. The summed E-state index contributed by atoms with van der Waals surface area (Å²) in [6.45, 7) is 4.22. The summed E-state index contributed by atoms with van der Waals surface area (Å²) in [7, 11) is 0. The Morgan fingerprint density at radius 3 is 2.60 bits per heavy atom. The molecule has 0 spiro atoms. The van der Waals surface area contributed by atoms with Gasteiger partial charge in [0.25, 0.3) is 0 Å². The number of halogens is 1. The smallest absolute Gasteiger partial charge is 0.0743 e. The van der Waals surface area contributed by atoms with E-state index in [-0.39, 0.29) is 6.04 Å². The maximum Gasteiger partial charge on any atom is 0.0743 e. The molecule has 0 bridgehead atoms. The van der Waals surface area contributed by atoms with Gasteiger partial charge in [0.2, 0.25) is 0 Å². The molecule has 2 aromatic heterocycles. The largest absolute Gasteiger partial charge is 0.319 e. The number of nitrogens with two attached hydrogens (primary N) is 1. The Morgan fingerprint density at radius 2 is 2.13 bits per heavy atom. The second-order valence-corrected chi connectivity index (χ2v) is 6.59. The first-order valence-corrected chi connectivity index (χ1v) is 7.14. The second kappa shape index (κ2) is 4.37. The molecule has 80 valence electrons. The van der Waals surface area contributed by atoms with Gasteiger partial charge in [-0.3, -0.25) is 0 Å². The van der Waals surface area contributed by atoms with E-state index in [9.17, 15) is 0 Å². The summed E-state index contributed by atoms with van der Waals surface area (Å²) >= 11 is 7.02. The van der Waals surface area contributed by atoms with Crippen LogP contribution in [0, 0.1) is 13.8 Å². The van der Waals surface area contributed by atoms with Gasteiger partial charge in [-0.1, -0.05) is 0 Å². The van der Waals surface area contributed by atoms with Gasteiger partial charge in [0, 0.05) is 19.1 Å². The van der Waals surface area contributed by atoms with Crippen LogP contribution in [0.1, 0.15) is 26.2 Å². The minimum absolute atomic E-state index is 0.0278. The summed E-state index contributed by atoms with van der Waals surface area (Å²) in [5.74, 6) is 0. The first-order chi connectivity index (χ1) is 7.09. The lowest BCUT2D eigenvalue weighted by Gasteiger charge is -2.08. The minimum atomic E-state index is 0.0278. The zero-order valence-electron chi connectivity index (χ0n) is 8.58. The monoisotopic (exact) mass is 301 g/mol. The number of rotatable bonds is 2. The van der Waals surface area contributed by atoms with Gasteiger partial charge in [-0.2, -0.15) is 0 Å². The number of hydrogen-bond acceptors (Lipinski definition) is 3. The van der Waals surface area contributed by atoms with Crippen LogP contribution >= 0.6 is 38.6 Å². The van der Waals surface area contributed by atoms with E-state index in [0.717, 1.165) is 4.47 Å². The third-order valence-corrected chi connectivity index (χ3v) is 5.69. The van der Waals surface area contributed by atoms with E-state index in [0.29, 0.717) is 0 Å². The Kier molecular flexibility index (Phi) is 3.30. The van der Waals surface area contributed by atoms with Crippen molar-refractivity contribution < 1.29 is 0 Å². The molecule has 2 N–H and O–H groups in total. The summed E-state index contributed by atoms with van der Waals surface area (Å²) in [4.78, 5) is 3.78. The van der Waals surface area contributed by atoms with Crippen LogP contribution in [0.25, 0.3) is 0 Å². The predicted octanol–water partition coefficient (Wildman–Crippen LogP) is 4.24. The molecule has 0 aromatic carbocycles. The summed E-state index contributed by atoms with van der Waals surface area (Å²) in [5, 5.41) is 2.10. The molecule has 1 nitrogen and oxygen atoms in total. The lowest BCUT2D eigenvalue weighted by atomic mass is 10.1. The van der Waals surface area contributed by atoms with Crippen LogP contribution in [0.4, 0.5) is 0 Å². The van der Waals surface area contributed by atoms with E-state index >= 15 is 0 Å². The first kappa shape index (κ1) is 11.3. The summed E-state index contributed by atoms with van der Waals surface area (Å²) in [6.07, 6.45) is 0. The van der Waals surface area contributed by atoms with Crippen molar-refractivity contribution in [1.82, 2.24) is 0 Å². The molecular weight excluding hydrogens is 290 g/mol. The van der Waals surface area contributed by atoms with Crippen LogP contribution in [-0.4, -0.2) is 0 Å². The van der Waals surface area contributed by atoms with Gasteiger partial charge in [-0.05, 0) is 52.9 Å². The van der Waals surface area contributed by atoms with E-state index in [1.807, 2.05) is 0 Å². The average Bonchev–Trinajstić information content (AvgIpc) is 2.74. The zero-order valence-corrected chi connectivity index (χ0v) is 11.8. The molecule has 0 saturated carbocycles. The fraction of sp³-hybridized carbons (Fsp3) is 0.273. The molecule has 4 heteroatoms. The van der Waals surface area contributed by atoms with Crippen LogP contribution in [-0.2, 0) is 0 Å². The molecule has 0 saturated heterocycles. The van der Waals surface area contributed by atoms with E-state index < -0.39 is 0 Å². The molecule has 1 unspecified atom stereocenters. The van der Waals surface area contributed by atoms with Gasteiger partial charge < -0.3 is 5.73 Å². The third-order valence-electron chi connectivity index (χ3n) is 2.37. The van der Waals surface area contributed by atoms with Gasteiger partial charge in [0.1, 0.15) is 0 Å². The lowest BCUT2D eigenvalue weighted by Crippen LogP contribution is -2.09. The molecule has 2 aromatic rings. The Labute approximate surface area is 106 Å². The molecule has 2 heterocycles. The van der Waals surface area contributed by atoms with Crippen LogP contribution in [0.2, 0.25) is 0 Å². The van der Waals surface area contributed by atoms with Crippen LogP contribution in [0.5, 0.6) is 0 Å². The summed E-state index contributed by atoms with van der Waals surface area (Å²) in [5.41, 5.74) is 7.53. The van der Waals surface area contributed by atoms with E-state index in [1.54, 1.807) is 22.7 Å². The fourth-order valence-electron chi connectivity index (χ4n) is 1.47. The standard InChI is InChI=1S/C11H12BrNS2/c1-6-3-4-14-11(6)10(13)9-5-8(12)7(2)15-9/h3-5,10H,13H2,1-2H3. The van der Waals surface area contributed by atoms with Crippen LogP contribution in [0.15, 0.2) is 22.0 Å². The van der Waals surface area contributed by atoms with Crippen LogP contribution in [0.3, 0.4) is 0 Å². The lowest BCUT2D eigenvalue weighted by molar-refractivity contribution is 0.907. The molecular formula is C11H12BrNS2. The molecule has 0 aliphatic carbocycles. The van der Waals surface area contributed by atoms with Crippen LogP contribution < -0.4 is 5.73 Å². The van der Waals surface area contributed by atoms with Gasteiger partial charge in [0.15, 0.2) is 0 Å². The second-order valence-electron chi connectivity index (χ2n) is 3.50. The SMILES string of the molecule is Cc1ccsc1C(N)c1cc(Br)c(C)s1. The molecule has 15 heavy (non-hydrogen) atoms. The molecule has 0 radical (unpaired) electrons. The van der Waals surface area contributed by atoms with Crippen molar-refractivity contribution in [3.8, 4) is 0 Å². The molecule has 1 atom stereocenters. The van der Waals surface area contributed by atoms with E-state index in [2.05, 4.69) is 47.3 Å². The van der Waals surface area contributed by atoms with Crippen molar-refractivity contribution in [2.75, 3.05) is 0 Å². The fourth-order valence-corrected chi connectivity index (χ4v) is 4.06. The molecule has 0 amide bonds. The molecule has 2 rings (SSSR count). The normalized spacial score (nSPS) is 13.1. The van der Waals surface area contributed by atoms with Crippen molar-refractivity contribution in [2.24, 2.45) is 5.73 Å². The highest BCUT2D eigenvalue weighted by Crippen LogP contribution is 2.35. The third kappa shape index (κ3) is 2.18. The van der Waals surface area contributed by atoms with Crippen molar-refractivity contribution in [3.05, 3.63) is 42.2 Å². The highest BCUT2D eigenvalue weighted by atomic mass is 79.9. The first-order valence-electron chi connectivity index (χ1n) is 4.65. The zero-order chi connectivity index (χ0) is 11.0. The summed E-state index contributed by atoms with van der Waals surface area (Å²) in [6, 6.07) is 4.28. The van der Waals surface area contributed by atoms with Gasteiger partial charge in [-0.25, -0.2) is 0 Å². The highest BCUT2D eigenvalue weighted by Gasteiger charge is 2.15. The molecule has 0 aliphatic heterocycles. The van der Waals surface area contributed by atoms with E-state index in [4.69, 9.17) is 5.73 Å². The van der Waals surface area contributed by atoms with Crippen molar-refractivity contribution >= 4 is 38.6 Å². The number of hydrogen-bond donors (Lipinski definition) is 1. The number of aryl methyl sites for hydroxylation is 2. The maximum absolute atomic E-state index is 6.24. The van der Waals surface area contributed by atoms with Gasteiger partial charge >= 0.3 is 0 Å². The Balaban J connectivity index is 2.36. The van der Waals surface area contributed by atoms with Crippen molar-refractivity contribution in [3.63, 3.8) is 0 Å². The number of thiophene rings is 2. The molecule has 0 aliphatic rings. The summed E-state index contributed by atoms with van der Waals surface area (Å²) < 4.78 is 1.16. The minimum Gasteiger partial charge on any atom is -0.319 e. The Morgan fingerprint density at radius 1 is 1.40 bits per heavy atom. The van der Waals surface area contributed by atoms with E-state index in [1.165, 1.54) is 20.2 Å². The van der Waals surface area contributed by atoms with Crippen molar-refractivity contribution in [1.29, 1.82) is 0 Å². The topological polar surface area (TPSA) is 26.0 Å². The quantitative estimate of drug-likeness (QED) is 0.882.